The van der Waals surface area contributed by atoms with E-state index in [1.54, 1.807) is 11.0 Å². The number of halogens is 2. The van der Waals surface area contributed by atoms with Crippen LogP contribution in [0.25, 0.3) is 0 Å². The van der Waals surface area contributed by atoms with Crippen LogP contribution in [0.1, 0.15) is 23.9 Å². The number of guanidine groups is 1. The van der Waals surface area contributed by atoms with Gasteiger partial charge in [-0.2, -0.15) is 5.10 Å². The lowest BCUT2D eigenvalue weighted by Crippen LogP contribution is -2.39. The van der Waals surface area contributed by atoms with Crippen LogP contribution in [-0.2, 0) is 26.7 Å². The van der Waals surface area contributed by atoms with Gasteiger partial charge in [0.15, 0.2) is 5.96 Å². The fourth-order valence-electron chi connectivity index (χ4n) is 2.95. The van der Waals surface area contributed by atoms with Crippen molar-refractivity contribution in [1.29, 1.82) is 0 Å². The van der Waals surface area contributed by atoms with Crippen LogP contribution in [0.5, 0.6) is 5.75 Å². The van der Waals surface area contributed by atoms with Crippen molar-refractivity contribution in [2.24, 2.45) is 12.0 Å². The number of para-hydroxylation sites is 1. The summed E-state index contributed by atoms with van der Waals surface area (Å²) in [5, 5.41) is 8.07. The SMILES string of the molecule is CCNC(=NCc1ccccc1COc1ccccc1Cl)N(C)Cc1ncnn1C.I. The van der Waals surface area contributed by atoms with E-state index in [0.29, 0.717) is 30.5 Å². The van der Waals surface area contributed by atoms with Gasteiger partial charge in [0.25, 0.3) is 0 Å². The third kappa shape index (κ3) is 7.10. The van der Waals surface area contributed by atoms with Gasteiger partial charge in [0, 0.05) is 20.6 Å². The normalized spacial score (nSPS) is 11.0. The predicted octanol–water partition coefficient (Wildman–Crippen LogP) is 4.26. The van der Waals surface area contributed by atoms with Gasteiger partial charge in [0.1, 0.15) is 24.5 Å². The summed E-state index contributed by atoms with van der Waals surface area (Å²) in [6.07, 6.45) is 1.56. The van der Waals surface area contributed by atoms with E-state index in [2.05, 4.69) is 34.5 Å². The molecule has 7 nitrogen and oxygen atoms in total. The number of aryl methyl sites for hydroxylation is 1. The van der Waals surface area contributed by atoms with Crippen LogP contribution >= 0.6 is 35.6 Å². The number of benzene rings is 2. The lowest BCUT2D eigenvalue weighted by Gasteiger charge is -2.21. The first-order valence-corrected chi connectivity index (χ1v) is 10.2. The van der Waals surface area contributed by atoms with Crippen molar-refractivity contribution >= 4 is 41.5 Å². The Morgan fingerprint density at radius 2 is 1.87 bits per heavy atom. The highest BCUT2D eigenvalue weighted by molar-refractivity contribution is 14.0. The summed E-state index contributed by atoms with van der Waals surface area (Å²) < 4.78 is 7.69. The summed E-state index contributed by atoms with van der Waals surface area (Å²) in [7, 11) is 3.87. The number of nitrogens with one attached hydrogen (secondary N) is 1. The zero-order valence-electron chi connectivity index (χ0n) is 18.0. The van der Waals surface area contributed by atoms with E-state index < -0.39 is 0 Å². The minimum absolute atomic E-state index is 0. The molecule has 1 N–H and O–H groups in total. The van der Waals surface area contributed by atoms with Gasteiger partial charge in [-0.25, -0.2) is 9.98 Å². The Balaban J connectivity index is 0.00000341. The summed E-state index contributed by atoms with van der Waals surface area (Å²) in [6, 6.07) is 15.6. The fraction of sp³-hybridized carbons (Fsp3) is 0.318. The molecular formula is C22H28ClIN6O. The van der Waals surface area contributed by atoms with Crippen LogP contribution in [0.15, 0.2) is 59.9 Å². The smallest absolute Gasteiger partial charge is 0.194 e. The number of ether oxygens (including phenoxy) is 1. The van der Waals surface area contributed by atoms with Crippen molar-refractivity contribution in [1.82, 2.24) is 25.0 Å². The molecule has 1 aromatic heterocycles. The maximum atomic E-state index is 6.20. The van der Waals surface area contributed by atoms with Crippen LogP contribution in [0, 0.1) is 0 Å². The minimum atomic E-state index is 0. The molecule has 0 atom stereocenters. The van der Waals surface area contributed by atoms with Crippen molar-refractivity contribution in [3.05, 3.63) is 76.8 Å². The van der Waals surface area contributed by atoms with E-state index in [1.807, 2.05) is 55.4 Å². The quantitative estimate of drug-likeness (QED) is 0.256. The molecule has 0 amide bonds. The number of nitrogens with zero attached hydrogens (tertiary/aromatic N) is 5. The Bertz CT molecular complexity index is 993. The van der Waals surface area contributed by atoms with Gasteiger partial charge in [0.05, 0.1) is 18.1 Å². The molecule has 9 heteroatoms. The Labute approximate surface area is 205 Å². The van der Waals surface area contributed by atoms with Gasteiger partial charge in [-0.05, 0) is 30.2 Å². The van der Waals surface area contributed by atoms with Crippen LogP contribution in [-0.4, -0.2) is 39.2 Å². The molecule has 2 aromatic carbocycles. The number of rotatable bonds is 8. The van der Waals surface area contributed by atoms with Crippen LogP contribution in [0.4, 0.5) is 0 Å². The minimum Gasteiger partial charge on any atom is -0.487 e. The Hall–Kier alpha value is -2.33. The van der Waals surface area contributed by atoms with Gasteiger partial charge in [-0.15, -0.1) is 24.0 Å². The van der Waals surface area contributed by atoms with Crippen LogP contribution in [0.2, 0.25) is 5.02 Å². The second-order valence-corrected chi connectivity index (χ2v) is 7.22. The Morgan fingerprint density at radius 3 is 2.55 bits per heavy atom. The average molecular weight is 555 g/mol. The molecular weight excluding hydrogens is 527 g/mol. The predicted molar refractivity (Wildman–Crippen MR) is 135 cm³/mol. The molecule has 0 radical (unpaired) electrons. The fourth-order valence-corrected chi connectivity index (χ4v) is 3.14. The third-order valence-corrected chi connectivity index (χ3v) is 4.93. The van der Waals surface area contributed by atoms with Crippen molar-refractivity contribution in [3.8, 4) is 5.75 Å². The monoisotopic (exact) mass is 554 g/mol. The first-order chi connectivity index (χ1) is 14.6. The van der Waals surface area contributed by atoms with E-state index in [0.717, 1.165) is 29.5 Å². The van der Waals surface area contributed by atoms with E-state index in [9.17, 15) is 0 Å². The molecule has 166 valence electrons. The second-order valence-electron chi connectivity index (χ2n) is 6.81. The molecule has 0 aliphatic rings. The number of hydrogen-bond donors (Lipinski definition) is 1. The first-order valence-electron chi connectivity index (χ1n) is 9.85. The van der Waals surface area contributed by atoms with Crippen molar-refractivity contribution in [3.63, 3.8) is 0 Å². The molecule has 0 saturated carbocycles. The number of hydrogen-bond acceptors (Lipinski definition) is 4. The highest BCUT2D eigenvalue weighted by Crippen LogP contribution is 2.24. The van der Waals surface area contributed by atoms with Gasteiger partial charge in [-0.3, -0.25) is 4.68 Å². The lowest BCUT2D eigenvalue weighted by atomic mass is 10.1. The van der Waals surface area contributed by atoms with Crippen LogP contribution < -0.4 is 10.1 Å². The number of aliphatic imine (C=N–C) groups is 1. The standard InChI is InChI=1S/C22H27ClN6O.HI/c1-4-24-22(28(2)14-21-26-16-27-29(21)3)25-13-17-9-5-6-10-18(17)15-30-20-12-8-7-11-19(20)23;/h5-12,16H,4,13-15H2,1-3H3,(H,24,25);1H. The molecule has 1 heterocycles. The molecule has 3 aromatic rings. The van der Waals surface area contributed by atoms with Crippen molar-refractivity contribution < 1.29 is 4.74 Å². The van der Waals surface area contributed by atoms with Crippen molar-refractivity contribution in [2.45, 2.75) is 26.6 Å². The Morgan fingerprint density at radius 1 is 1.16 bits per heavy atom. The van der Waals surface area contributed by atoms with Gasteiger partial charge in [-0.1, -0.05) is 48.0 Å². The van der Waals surface area contributed by atoms with E-state index >= 15 is 0 Å². The molecule has 0 fully saturated rings. The summed E-state index contributed by atoms with van der Waals surface area (Å²) >= 11 is 6.20. The van der Waals surface area contributed by atoms with Gasteiger partial charge < -0.3 is 15.0 Å². The molecule has 0 spiro atoms. The zero-order valence-corrected chi connectivity index (χ0v) is 21.0. The Kier molecular flexibility index (Phi) is 10.1. The van der Waals surface area contributed by atoms with Gasteiger partial charge in [0.2, 0.25) is 0 Å². The summed E-state index contributed by atoms with van der Waals surface area (Å²) in [4.78, 5) is 11.1. The maximum absolute atomic E-state index is 6.20. The molecule has 31 heavy (non-hydrogen) atoms. The van der Waals surface area contributed by atoms with Crippen LogP contribution in [0.3, 0.4) is 0 Å². The summed E-state index contributed by atoms with van der Waals surface area (Å²) in [6.45, 7) is 4.41. The second kappa shape index (κ2) is 12.5. The lowest BCUT2D eigenvalue weighted by molar-refractivity contribution is 0.305. The highest BCUT2D eigenvalue weighted by atomic mass is 127. The maximum Gasteiger partial charge on any atom is 0.194 e. The number of aromatic nitrogens is 3. The van der Waals surface area contributed by atoms with E-state index in [-0.39, 0.29) is 24.0 Å². The van der Waals surface area contributed by atoms with Gasteiger partial charge >= 0.3 is 0 Å². The molecule has 0 bridgehead atoms. The molecule has 0 saturated heterocycles. The molecule has 0 unspecified atom stereocenters. The molecule has 3 rings (SSSR count). The van der Waals surface area contributed by atoms with E-state index in [4.69, 9.17) is 21.3 Å². The summed E-state index contributed by atoms with van der Waals surface area (Å²) in [5.74, 6) is 2.35. The summed E-state index contributed by atoms with van der Waals surface area (Å²) in [5.41, 5.74) is 2.18. The average Bonchev–Trinajstić information content (AvgIpc) is 3.15. The van der Waals surface area contributed by atoms with Crippen molar-refractivity contribution in [2.75, 3.05) is 13.6 Å². The topological polar surface area (TPSA) is 67.6 Å². The van der Waals surface area contributed by atoms with E-state index in [1.165, 1.54) is 0 Å². The molecule has 0 aliphatic carbocycles. The highest BCUT2D eigenvalue weighted by Gasteiger charge is 2.11. The zero-order chi connectivity index (χ0) is 21.3. The molecule has 0 aliphatic heterocycles. The largest absolute Gasteiger partial charge is 0.487 e. The third-order valence-electron chi connectivity index (χ3n) is 4.62. The first kappa shape index (κ1) is 24.9.